The van der Waals surface area contributed by atoms with E-state index in [9.17, 15) is 18.0 Å². The number of benzene rings is 3. The molecule has 0 bridgehead atoms. The van der Waals surface area contributed by atoms with E-state index in [0.717, 1.165) is 8.61 Å². The van der Waals surface area contributed by atoms with Crippen molar-refractivity contribution < 1.29 is 27.5 Å². The SMILES string of the molecule is O=C(COCN1c2ccccc2C(=O)N(Cc2ccccc2)S1(=O)=O)Oc1ccccc1. The van der Waals surface area contributed by atoms with Crippen molar-refractivity contribution in [3.05, 3.63) is 96.1 Å². The van der Waals surface area contributed by atoms with Crippen LogP contribution >= 0.6 is 0 Å². The van der Waals surface area contributed by atoms with Crippen LogP contribution in [0.1, 0.15) is 15.9 Å². The molecule has 0 aliphatic carbocycles. The van der Waals surface area contributed by atoms with Gasteiger partial charge in [-0.1, -0.05) is 60.7 Å². The lowest BCUT2D eigenvalue weighted by molar-refractivity contribution is -0.139. The zero-order valence-electron chi connectivity index (χ0n) is 17.0. The van der Waals surface area contributed by atoms with Crippen molar-refractivity contribution in [3.8, 4) is 5.75 Å². The minimum Gasteiger partial charge on any atom is -0.425 e. The van der Waals surface area contributed by atoms with Crippen LogP contribution in [-0.2, 0) is 26.3 Å². The Labute approximate surface area is 185 Å². The maximum atomic E-state index is 13.3. The normalized spacial score (nSPS) is 14.7. The smallest absolute Gasteiger partial charge is 0.337 e. The van der Waals surface area contributed by atoms with Crippen LogP contribution in [-0.4, -0.2) is 37.9 Å². The maximum absolute atomic E-state index is 13.3. The molecule has 164 valence electrons. The summed E-state index contributed by atoms with van der Waals surface area (Å²) in [4.78, 5) is 25.0. The summed E-state index contributed by atoms with van der Waals surface area (Å²) in [7, 11) is -4.24. The minimum absolute atomic E-state index is 0.122. The second-order valence-corrected chi connectivity index (χ2v) is 8.71. The molecule has 32 heavy (non-hydrogen) atoms. The van der Waals surface area contributed by atoms with Crippen LogP contribution < -0.4 is 9.04 Å². The molecule has 8 nitrogen and oxygen atoms in total. The molecule has 1 amide bonds. The maximum Gasteiger partial charge on any atom is 0.337 e. The third kappa shape index (κ3) is 4.48. The number of nitrogens with zero attached hydrogens (tertiary/aromatic N) is 2. The van der Waals surface area contributed by atoms with Crippen molar-refractivity contribution in [2.45, 2.75) is 6.54 Å². The van der Waals surface area contributed by atoms with E-state index in [4.69, 9.17) is 9.47 Å². The second kappa shape index (κ2) is 9.21. The molecular formula is C23H20N2O6S. The van der Waals surface area contributed by atoms with E-state index in [1.807, 2.05) is 0 Å². The number of hydrogen-bond acceptors (Lipinski definition) is 6. The van der Waals surface area contributed by atoms with E-state index in [2.05, 4.69) is 0 Å². The number of ether oxygens (including phenoxy) is 2. The number of rotatable bonds is 7. The van der Waals surface area contributed by atoms with E-state index in [1.54, 1.807) is 78.9 Å². The number of hydrogen-bond donors (Lipinski definition) is 0. The Hall–Kier alpha value is -3.69. The van der Waals surface area contributed by atoms with Gasteiger partial charge >= 0.3 is 16.2 Å². The monoisotopic (exact) mass is 452 g/mol. The van der Waals surface area contributed by atoms with Crippen LogP contribution in [0.5, 0.6) is 5.75 Å². The van der Waals surface area contributed by atoms with Crippen LogP contribution in [0, 0.1) is 0 Å². The Morgan fingerprint density at radius 2 is 1.44 bits per heavy atom. The van der Waals surface area contributed by atoms with Crippen molar-refractivity contribution in [2.24, 2.45) is 0 Å². The number of carbonyl (C=O) groups excluding carboxylic acids is 2. The highest BCUT2D eigenvalue weighted by atomic mass is 32.2. The molecular weight excluding hydrogens is 432 g/mol. The number of anilines is 1. The fourth-order valence-corrected chi connectivity index (χ4v) is 4.73. The Kier molecular flexibility index (Phi) is 6.20. The first-order chi connectivity index (χ1) is 15.5. The van der Waals surface area contributed by atoms with Crippen molar-refractivity contribution in [3.63, 3.8) is 0 Å². The molecule has 0 radical (unpaired) electrons. The van der Waals surface area contributed by atoms with E-state index in [1.165, 1.54) is 6.07 Å². The lowest BCUT2D eigenvalue weighted by Crippen LogP contribution is -2.51. The van der Waals surface area contributed by atoms with Crippen LogP contribution in [0.25, 0.3) is 0 Å². The molecule has 0 atom stereocenters. The fourth-order valence-electron chi connectivity index (χ4n) is 3.25. The average molecular weight is 452 g/mol. The standard InChI is InChI=1S/C23H20N2O6S/c26-22(31-19-11-5-2-6-12-19)16-30-17-25-21-14-8-7-13-20(21)23(27)24(32(25,28)29)15-18-9-3-1-4-10-18/h1-14H,15-17H2. The van der Waals surface area contributed by atoms with Crippen molar-refractivity contribution in [1.29, 1.82) is 0 Å². The molecule has 0 N–H and O–H groups in total. The molecule has 9 heteroatoms. The Morgan fingerprint density at radius 1 is 0.812 bits per heavy atom. The predicted molar refractivity (Wildman–Crippen MR) is 117 cm³/mol. The average Bonchev–Trinajstić information content (AvgIpc) is 2.80. The third-order valence-electron chi connectivity index (χ3n) is 4.76. The van der Waals surface area contributed by atoms with Crippen molar-refractivity contribution >= 4 is 27.8 Å². The van der Waals surface area contributed by atoms with Gasteiger partial charge in [0, 0.05) is 0 Å². The van der Waals surface area contributed by atoms with Gasteiger partial charge < -0.3 is 9.47 Å². The highest BCUT2D eigenvalue weighted by molar-refractivity contribution is 7.91. The molecule has 3 aromatic rings. The van der Waals surface area contributed by atoms with Crippen molar-refractivity contribution in [1.82, 2.24) is 4.31 Å². The van der Waals surface area contributed by atoms with E-state index < -0.39 is 35.4 Å². The molecule has 0 fully saturated rings. The molecule has 0 unspecified atom stereocenters. The Bertz CT molecular complexity index is 1220. The number of fused-ring (bicyclic) bond motifs is 1. The zero-order chi connectivity index (χ0) is 22.6. The van der Waals surface area contributed by atoms with Gasteiger partial charge in [-0.2, -0.15) is 8.42 Å². The lowest BCUT2D eigenvalue weighted by Gasteiger charge is -2.36. The quantitative estimate of drug-likeness (QED) is 0.404. The molecule has 1 heterocycles. The highest BCUT2D eigenvalue weighted by Gasteiger charge is 2.41. The number of carbonyl (C=O) groups is 2. The van der Waals surface area contributed by atoms with Gasteiger partial charge in [0.25, 0.3) is 5.91 Å². The Balaban J connectivity index is 1.52. The summed E-state index contributed by atoms with van der Waals surface area (Å²) < 4.78 is 38.9. The summed E-state index contributed by atoms with van der Waals surface area (Å²) in [5, 5.41) is 0. The molecule has 1 aliphatic heterocycles. The Morgan fingerprint density at radius 3 is 2.16 bits per heavy atom. The summed E-state index contributed by atoms with van der Waals surface area (Å²) in [6.45, 7) is -1.04. The zero-order valence-corrected chi connectivity index (χ0v) is 17.8. The van der Waals surface area contributed by atoms with Crippen molar-refractivity contribution in [2.75, 3.05) is 17.6 Å². The molecule has 3 aromatic carbocycles. The van der Waals surface area contributed by atoms with Crippen LogP contribution in [0.4, 0.5) is 5.69 Å². The van der Waals surface area contributed by atoms with Gasteiger partial charge in [0.05, 0.1) is 17.8 Å². The van der Waals surface area contributed by atoms with Gasteiger partial charge in [0.2, 0.25) is 0 Å². The molecule has 0 aromatic heterocycles. The van der Waals surface area contributed by atoms with Crippen LogP contribution in [0.15, 0.2) is 84.9 Å². The largest absolute Gasteiger partial charge is 0.425 e. The van der Waals surface area contributed by atoms with Gasteiger partial charge in [-0.05, 0) is 29.8 Å². The van der Waals surface area contributed by atoms with E-state index in [-0.39, 0.29) is 17.8 Å². The van der Waals surface area contributed by atoms with Gasteiger partial charge in [-0.25, -0.2) is 13.4 Å². The first-order valence-corrected chi connectivity index (χ1v) is 11.2. The van der Waals surface area contributed by atoms with Crippen LogP contribution in [0.3, 0.4) is 0 Å². The number of amides is 1. The molecule has 0 saturated heterocycles. The molecule has 0 spiro atoms. The lowest BCUT2D eigenvalue weighted by atomic mass is 10.1. The molecule has 1 aliphatic rings. The molecule has 0 saturated carbocycles. The number of esters is 1. The topological polar surface area (TPSA) is 93.2 Å². The summed E-state index contributed by atoms with van der Waals surface area (Å²) in [6.07, 6.45) is 0. The molecule has 4 rings (SSSR count). The second-order valence-electron chi connectivity index (χ2n) is 6.94. The predicted octanol–water partition coefficient (Wildman–Crippen LogP) is 2.97. The summed E-state index contributed by atoms with van der Waals surface area (Å²) in [5.41, 5.74) is 1.09. The summed E-state index contributed by atoms with van der Waals surface area (Å²) in [5.74, 6) is -0.933. The first-order valence-electron chi connectivity index (χ1n) is 9.78. The highest BCUT2D eigenvalue weighted by Crippen LogP contribution is 2.33. The fraction of sp³-hybridized carbons (Fsp3) is 0.130. The third-order valence-corrected chi connectivity index (χ3v) is 6.47. The number of para-hydroxylation sites is 2. The van der Waals surface area contributed by atoms with Crippen LogP contribution in [0.2, 0.25) is 0 Å². The van der Waals surface area contributed by atoms with Gasteiger partial charge in [0.1, 0.15) is 19.1 Å². The van der Waals surface area contributed by atoms with Gasteiger partial charge in [0.15, 0.2) is 0 Å². The summed E-state index contributed by atoms with van der Waals surface area (Å²) in [6, 6.07) is 23.7. The van der Waals surface area contributed by atoms with E-state index >= 15 is 0 Å². The summed E-state index contributed by atoms with van der Waals surface area (Å²) >= 11 is 0. The van der Waals surface area contributed by atoms with Gasteiger partial charge in [-0.3, -0.25) is 4.79 Å². The first kappa shape index (κ1) is 21.5. The minimum atomic E-state index is -4.24. The van der Waals surface area contributed by atoms with Gasteiger partial charge in [-0.15, -0.1) is 0 Å². The van der Waals surface area contributed by atoms with E-state index in [0.29, 0.717) is 11.3 Å².